The highest BCUT2D eigenvalue weighted by Crippen LogP contribution is 2.18. The van der Waals surface area contributed by atoms with Crippen LogP contribution in [0, 0.1) is 0 Å². The van der Waals surface area contributed by atoms with Gasteiger partial charge in [0.1, 0.15) is 0 Å². The average Bonchev–Trinajstić information content (AvgIpc) is 2.43. The first-order valence-electron chi connectivity index (χ1n) is 6.62. The lowest BCUT2D eigenvalue weighted by Gasteiger charge is -2.10. The number of hydrogen-bond acceptors (Lipinski definition) is 1. The van der Waals surface area contributed by atoms with E-state index in [1.54, 1.807) is 0 Å². The van der Waals surface area contributed by atoms with Gasteiger partial charge in [0.2, 0.25) is 0 Å². The molecule has 0 spiro atoms. The molecule has 0 radical (unpaired) electrons. The Labute approximate surface area is 118 Å². The minimum atomic E-state index is 0.637. The van der Waals surface area contributed by atoms with Crippen molar-refractivity contribution < 1.29 is 0 Å². The Morgan fingerprint density at radius 3 is 2.72 bits per heavy atom. The zero-order valence-electron chi connectivity index (χ0n) is 10.8. The van der Waals surface area contributed by atoms with Gasteiger partial charge in [-0.3, -0.25) is 0 Å². The van der Waals surface area contributed by atoms with Crippen LogP contribution in [0.2, 0.25) is 0 Å². The minimum Gasteiger partial charge on any atom is -0.313 e. The van der Waals surface area contributed by atoms with Crippen LogP contribution in [-0.2, 0) is 6.54 Å². The van der Waals surface area contributed by atoms with Gasteiger partial charge in [-0.1, -0.05) is 65.3 Å². The predicted octanol–water partition coefficient (Wildman–Crippen LogP) is 4.49. The number of fused-ring (bicyclic) bond motifs is 1. The molecule has 2 aromatic rings. The van der Waals surface area contributed by atoms with E-state index in [4.69, 9.17) is 0 Å². The first-order chi connectivity index (χ1) is 8.81. The molecule has 2 heteroatoms. The molecule has 0 aliphatic heterocycles. The second kappa shape index (κ2) is 6.91. The number of halogens is 1. The van der Waals surface area contributed by atoms with Crippen LogP contribution in [0.15, 0.2) is 42.5 Å². The Morgan fingerprint density at radius 2 is 1.89 bits per heavy atom. The number of benzene rings is 2. The molecule has 0 bridgehead atoms. The van der Waals surface area contributed by atoms with E-state index >= 15 is 0 Å². The predicted molar refractivity (Wildman–Crippen MR) is 83.3 cm³/mol. The summed E-state index contributed by atoms with van der Waals surface area (Å²) < 4.78 is 0. The van der Waals surface area contributed by atoms with Crippen LogP contribution in [0.4, 0.5) is 0 Å². The summed E-state index contributed by atoms with van der Waals surface area (Å²) in [5.74, 6) is 0. The van der Waals surface area contributed by atoms with Gasteiger partial charge < -0.3 is 5.32 Å². The second-order valence-electron chi connectivity index (χ2n) is 4.61. The fourth-order valence-electron chi connectivity index (χ4n) is 2.13. The molecule has 2 aromatic carbocycles. The van der Waals surface area contributed by atoms with Crippen LogP contribution in [0.5, 0.6) is 0 Å². The van der Waals surface area contributed by atoms with Gasteiger partial charge in [0, 0.05) is 11.4 Å². The Bertz CT molecular complexity index is 490. The van der Waals surface area contributed by atoms with Gasteiger partial charge in [-0.15, -0.1) is 0 Å². The van der Waals surface area contributed by atoms with Crippen molar-refractivity contribution in [2.45, 2.75) is 31.1 Å². The van der Waals surface area contributed by atoms with Crippen molar-refractivity contribution in [3.05, 3.63) is 48.0 Å². The van der Waals surface area contributed by atoms with Crippen LogP contribution in [0.3, 0.4) is 0 Å². The SMILES string of the molecule is CCC(Br)CCNCc1cccc2ccccc12. The molecule has 0 aliphatic rings. The van der Waals surface area contributed by atoms with Crippen LogP contribution in [-0.4, -0.2) is 11.4 Å². The number of alkyl halides is 1. The number of rotatable bonds is 6. The summed E-state index contributed by atoms with van der Waals surface area (Å²) in [7, 11) is 0. The maximum absolute atomic E-state index is 3.66. The van der Waals surface area contributed by atoms with Crippen molar-refractivity contribution in [2.75, 3.05) is 6.54 Å². The van der Waals surface area contributed by atoms with Crippen LogP contribution in [0.25, 0.3) is 10.8 Å². The van der Waals surface area contributed by atoms with Crippen molar-refractivity contribution in [1.29, 1.82) is 0 Å². The van der Waals surface area contributed by atoms with Gasteiger partial charge in [-0.25, -0.2) is 0 Å². The van der Waals surface area contributed by atoms with Gasteiger partial charge in [0.15, 0.2) is 0 Å². The van der Waals surface area contributed by atoms with Gasteiger partial charge >= 0.3 is 0 Å². The summed E-state index contributed by atoms with van der Waals surface area (Å²) >= 11 is 3.66. The Morgan fingerprint density at radius 1 is 1.11 bits per heavy atom. The third-order valence-corrected chi connectivity index (χ3v) is 4.38. The summed E-state index contributed by atoms with van der Waals surface area (Å²) in [6, 6.07) is 15.1. The third kappa shape index (κ3) is 3.56. The molecule has 96 valence electrons. The summed E-state index contributed by atoms with van der Waals surface area (Å²) in [5.41, 5.74) is 1.38. The quantitative estimate of drug-likeness (QED) is 0.612. The topological polar surface area (TPSA) is 12.0 Å². The molecule has 1 nitrogen and oxygen atoms in total. The van der Waals surface area contributed by atoms with Gasteiger partial charge in [-0.05, 0) is 35.7 Å². The summed E-state index contributed by atoms with van der Waals surface area (Å²) in [6.07, 6.45) is 2.37. The highest BCUT2D eigenvalue weighted by molar-refractivity contribution is 9.09. The normalized spacial score (nSPS) is 12.8. The van der Waals surface area contributed by atoms with E-state index in [9.17, 15) is 0 Å². The highest BCUT2D eigenvalue weighted by Gasteiger charge is 2.02. The molecule has 1 atom stereocenters. The molecule has 1 unspecified atom stereocenters. The van der Waals surface area contributed by atoms with Crippen LogP contribution in [0.1, 0.15) is 25.3 Å². The lowest BCUT2D eigenvalue weighted by molar-refractivity contribution is 0.632. The maximum atomic E-state index is 3.66. The third-order valence-electron chi connectivity index (χ3n) is 3.27. The second-order valence-corrected chi connectivity index (χ2v) is 5.90. The van der Waals surface area contributed by atoms with Crippen molar-refractivity contribution in [3.63, 3.8) is 0 Å². The maximum Gasteiger partial charge on any atom is 0.0211 e. The Kier molecular flexibility index (Phi) is 5.21. The van der Waals surface area contributed by atoms with Crippen LogP contribution < -0.4 is 5.32 Å². The molecular weight excluding hydrogens is 286 g/mol. The molecule has 1 N–H and O–H groups in total. The molecule has 0 amide bonds. The summed E-state index contributed by atoms with van der Waals surface area (Å²) in [6.45, 7) is 4.22. The Hall–Kier alpha value is -0.860. The van der Waals surface area contributed by atoms with E-state index < -0.39 is 0 Å². The number of hydrogen-bond donors (Lipinski definition) is 1. The molecule has 0 aliphatic carbocycles. The molecular formula is C16H20BrN. The molecule has 0 saturated heterocycles. The molecule has 0 aromatic heterocycles. The monoisotopic (exact) mass is 305 g/mol. The summed E-state index contributed by atoms with van der Waals surface area (Å²) in [5, 5.41) is 6.21. The molecule has 2 rings (SSSR count). The largest absolute Gasteiger partial charge is 0.313 e. The fraction of sp³-hybridized carbons (Fsp3) is 0.375. The zero-order chi connectivity index (χ0) is 12.8. The highest BCUT2D eigenvalue weighted by atomic mass is 79.9. The molecule has 0 saturated carbocycles. The van der Waals surface area contributed by atoms with E-state index in [2.05, 4.69) is 70.6 Å². The van der Waals surface area contributed by atoms with Crippen molar-refractivity contribution in [2.24, 2.45) is 0 Å². The molecule has 0 heterocycles. The minimum absolute atomic E-state index is 0.637. The lowest BCUT2D eigenvalue weighted by Crippen LogP contribution is -2.17. The molecule has 18 heavy (non-hydrogen) atoms. The van der Waals surface area contributed by atoms with Gasteiger partial charge in [0.05, 0.1) is 0 Å². The van der Waals surface area contributed by atoms with Gasteiger partial charge in [0.25, 0.3) is 0 Å². The smallest absolute Gasteiger partial charge is 0.0211 e. The summed E-state index contributed by atoms with van der Waals surface area (Å²) in [4.78, 5) is 0.637. The van der Waals surface area contributed by atoms with E-state index in [0.29, 0.717) is 4.83 Å². The van der Waals surface area contributed by atoms with E-state index in [0.717, 1.165) is 13.1 Å². The lowest BCUT2D eigenvalue weighted by atomic mass is 10.0. The number of nitrogens with one attached hydrogen (secondary N) is 1. The molecule has 0 fully saturated rings. The van der Waals surface area contributed by atoms with Crippen molar-refractivity contribution in [1.82, 2.24) is 5.32 Å². The van der Waals surface area contributed by atoms with Gasteiger partial charge in [-0.2, -0.15) is 0 Å². The Balaban J connectivity index is 1.95. The van der Waals surface area contributed by atoms with Crippen LogP contribution >= 0.6 is 15.9 Å². The first-order valence-corrected chi connectivity index (χ1v) is 7.54. The van der Waals surface area contributed by atoms with Crippen molar-refractivity contribution in [3.8, 4) is 0 Å². The van der Waals surface area contributed by atoms with E-state index in [1.807, 2.05) is 0 Å². The first kappa shape index (κ1) is 13.6. The van der Waals surface area contributed by atoms with E-state index in [-0.39, 0.29) is 0 Å². The van der Waals surface area contributed by atoms with E-state index in [1.165, 1.54) is 29.2 Å². The average molecular weight is 306 g/mol. The zero-order valence-corrected chi connectivity index (χ0v) is 12.4. The fourth-order valence-corrected chi connectivity index (χ4v) is 2.36. The van der Waals surface area contributed by atoms with Crippen molar-refractivity contribution >= 4 is 26.7 Å². The standard InChI is InChI=1S/C16H20BrN/c1-2-15(17)10-11-18-12-14-8-5-7-13-6-3-4-9-16(13)14/h3-9,15,18H,2,10-12H2,1H3.